The molecule has 0 amide bonds. The summed E-state index contributed by atoms with van der Waals surface area (Å²) in [5, 5.41) is 19.4. The van der Waals surface area contributed by atoms with Crippen molar-refractivity contribution in [3.05, 3.63) is 76.9 Å². The zero-order valence-corrected chi connectivity index (χ0v) is 18.3. The third-order valence-corrected chi connectivity index (χ3v) is 6.52. The number of para-hydroxylation sites is 2. The number of aromatic nitrogens is 2. The largest absolute Gasteiger partial charge is 0.395 e. The van der Waals surface area contributed by atoms with Crippen LogP contribution in [-0.2, 0) is 6.42 Å². The Kier molecular flexibility index (Phi) is 5.52. The van der Waals surface area contributed by atoms with Crippen LogP contribution in [0.1, 0.15) is 22.3 Å². The van der Waals surface area contributed by atoms with Crippen molar-refractivity contribution in [3.63, 3.8) is 0 Å². The summed E-state index contributed by atoms with van der Waals surface area (Å²) in [6.07, 6.45) is 0.760. The van der Waals surface area contributed by atoms with E-state index in [0.717, 1.165) is 60.7 Å². The fourth-order valence-electron chi connectivity index (χ4n) is 4.83. The Bertz CT molecular complexity index is 1300. The van der Waals surface area contributed by atoms with Gasteiger partial charge in [0.25, 0.3) is 0 Å². The predicted octanol–water partition coefficient (Wildman–Crippen LogP) is 3.37. The van der Waals surface area contributed by atoms with Crippen LogP contribution in [0.5, 0.6) is 0 Å². The molecule has 0 saturated carbocycles. The number of fused-ring (bicyclic) bond motifs is 3. The molecule has 6 nitrogen and oxygen atoms in total. The van der Waals surface area contributed by atoms with Crippen LogP contribution < -0.4 is 4.90 Å². The summed E-state index contributed by atoms with van der Waals surface area (Å²) in [6.45, 7) is 6.49. The number of pyridine rings is 1. The average Bonchev–Trinajstić information content (AvgIpc) is 3.20. The van der Waals surface area contributed by atoms with Crippen LogP contribution in [0.25, 0.3) is 16.7 Å². The molecule has 0 unspecified atom stereocenters. The number of nitriles is 1. The van der Waals surface area contributed by atoms with E-state index in [0.29, 0.717) is 12.1 Å². The number of hydrogen-bond donors (Lipinski definition) is 1. The topological polar surface area (TPSA) is 67.8 Å². The van der Waals surface area contributed by atoms with Crippen molar-refractivity contribution in [2.45, 2.75) is 13.3 Å². The van der Waals surface area contributed by atoms with Crippen molar-refractivity contribution in [1.82, 2.24) is 14.3 Å². The maximum atomic E-state index is 10.1. The van der Waals surface area contributed by atoms with E-state index in [4.69, 9.17) is 4.98 Å². The number of piperazine rings is 1. The number of rotatable bonds is 5. The van der Waals surface area contributed by atoms with E-state index in [1.54, 1.807) is 0 Å². The SMILES string of the molecule is Cc1c(Cc2ccccc2)c(N2CCN(CCO)CC2)n2c(nc3ccccc32)c1C#N. The molecule has 2 aromatic heterocycles. The van der Waals surface area contributed by atoms with Crippen LogP contribution >= 0.6 is 0 Å². The van der Waals surface area contributed by atoms with E-state index in [-0.39, 0.29) is 6.61 Å². The fraction of sp³-hybridized carbons (Fsp3) is 0.308. The maximum Gasteiger partial charge on any atom is 0.157 e. The van der Waals surface area contributed by atoms with Crippen LogP contribution in [0.4, 0.5) is 5.82 Å². The van der Waals surface area contributed by atoms with Gasteiger partial charge < -0.3 is 10.0 Å². The predicted molar refractivity (Wildman–Crippen MR) is 127 cm³/mol. The van der Waals surface area contributed by atoms with Crippen molar-refractivity contribution < 1.29 is 5.11 Å². The van der Waals surface area contributed by atoms with Gasteiger partial charge in [-0.3, -0.25) is 9.30 Å². The molecule has 3 heterocycles. The minimum Gasteiger partial charge on any atom is -0.395 e. The number of hydrogen-bond acceptors (Lipinski definition) is 5. The minimum absolute atomic E-state index is 0.186. The highest BCUT2D eigenvalue weighted by atomic mass is 16.3. The van der Waals surface area contributed by atoms with Gasteiger partial charge in [-0.1, -0.05) is 42.5 Å². The van der Waals surface area contributed by atoms with Crippen LogP contribution in [0.2, 0.25) is 0 Å². The van der Waals surface area contributed by atoms with Gasteiger partial charge in [0.1, 0.15) is 11.9 Å². The van der Waals surface area contributed by atoms with Crippen LogP contribution in [0.3, 0.4) is 0 Å². The van der Waals surface area contributed by atoms with Crippen LogP contribution in [0, 0.1) is 18.3 Å². The summed E-state index contributed by atoms with van der Waals surface area (Å²) in [4.78, 5) is 9.60. The molecular formula is C26H27N5O. The van der Waals surface area contributed by atoms with Gasteiger partial charge in [-0.2, -0.15) is 5.26 Å². The minimum atomic E-state index is 0.186. The first kappa shape index (κ1) is 20.5. The molecule has 2 aromatic carbocycles. The lowest BCUT2D eigenvalue weighted by atomic mass is 9.97. The van der Waals surface area contributed by atoms with Gasteiger partial charge in [0, 0.05) is 44.7 Å². The smallest absolute Gasteiger partial charge is 0.157 e. The normalized spacial score (nSPS) is 14.8. The number of aliphatic hydroxyl groups is 1. The molecule has 0 radical (unpaired) electrons. The molecule has 1 fully saturated rings. The van der Waals surface area contributed by atoms with E-state index in [9.17, 15) is 10.4 Å². The van der Waals surface area contributed by atoms with E-state index in [2.05, 4.69) is 57.5 Å². The number of benzene rings is 2. The zero-order chi connectivity index (χ0) is 22.1. The number of β-amino-alcohol motifs (C(OH)–C–C–N with tert-alkyl or cyclic N) is 1. The molecule has 0 spiro atoms. The molecule has 0 aliphatic carbocycles. The van der Waals surface area contributed by atoms with Gasteiger partial charge in [-0.15, -0.1) is 0 Å². The summed E-state index contributed by atoms with van der Waals surface area (Å²) in [7, 11) is 0. The second-order valence-electron chi connectivity index (χ2n) is 8.39. The highest BCUT2D eigenvalue weighted by Crippen LogP contribution is 2.35. The molecule has 1 aliphatic heterocycles. The standard InChI is InChI=1S/C26H27N5O/c1-19-21(17-20-7-3-2-4-8-20)26(30-13-11-29(12-14-30)15-16-32)31-24-10-6-5-9-23(24)28-25(31)22(19)18-27/h2-10,32H,11-17H2,1H3. The Labute approximate surface area is 187 Å². The van der Waals surface area contributed by atoms with Gasteiger partial charge in [-0.05, 0) is 30.2 Å². The molecule has 6 heteroatoms. The summed E-state index contributed by atoms with van der Waals surface area (Å²) in [5.74, 6) is 1.14. The summed E-state index contributed by atoms with van der Waals surface area (Å²) < 4.78 is 2.20. The molecule has 162 valence electrons. The van der Waals surface area contributed by atoms with E-state index < -0.39 is 0 Å². The highest BCUT2D eigenvalue weighted by molar-refractivity contribution is 5.86. The lowest BCUT2D eigenvalue weighted by molar-refractivity contribution is 0.188. The molecule has 0 bridgehead atoms. The Hall–Kier alpha value is -3.40. The number of anilines is 1. The van der Waals surface area contributed by atoms with Gasteiger partial charge >= 0.3 is 0 Å². The summed E-state index contributed by atoms with van der Waals surface area (Å²) >= 11 is 0. The molecule has 1 aliphatic rings. The first-order chi connectivity index (χ1) is 15.7. The highest BCUT2D eigenvalue weighted by Gasteiger charge is 2.26. The Morgan fingerprint density at radius 3 is 2.44 bits per heavy atom. The molecular weight excluding hydrogens is 398 g/mol. The first-order valence-corrected chi connectivity index (χ1v) is 11.2. The van der Waals surface area contributed by atoms with Crippen molar-refractivity contribution in [1.29, 1.82) is 5.26 Å². The maximum absolute atomic E-state index is 10.1. The first-order valence-electron chi connectivity index (χ1n) is 11.2. The van der Waals surface area contributed by atoms with Crippen LogP contribution in [0.15, 0.2) is 54.6 Å². The third-order valence-electron chi connectivity index (χ3n) is 6.52. The lowest BCUT2D eigenvalue weighted by Crippen LogP contribution is -2.48. The van der Waals surface area contributed by atoms with Crippen molar-refractivity contribution in [3.8, 4) is 6.07 Å². The molecule has 32 heavy (non-hydrogen) atoms. The molecule has 1 saturated heterocycles. The van der Waals surface area contributed by atoms with Gasteiger partial charge in [0.05, 0.1) is 23.2 Å². The number of aliphatic hydroxyl groups excluding tert-OH is 1. The Morgan fingerprint density at radius 2 is 1.72 bits per heavy atom. The van der Waals surface area contributed by atoms with E-state index in [1.807, 2.05) is 24.3 Å². The third kappa shape index (κ3) is 3.50. The quantitative estimate of drug-likeness (QED) is 0.531. The van der Waals surface area contributed by atoms with Crippen molar-refractivity contribution in [2.75, 3.05) is 44.2 Å². The van der Waals surface area contributed by atoms with Gasteiger partial charge in [-0.25, -0.2) is 4.98 Å². The Morgan fingerprint density at radius 1 is 1.00 bits per heavy atom. The lowest BCUT2D eigenvalue weighted by Gasteiger charge is -2.37. The second kappa shape index (κ2) is 8.62. The number of nitrogens with zero attached hydrogens (tertiary/aromatic N) is 5. The van der Waals surface area contributed by atoms with Crippen LogP contribution in [-0.4, -0.2) is 58.7 Å². The van der Waals surface area contributed by atoms with E-state index in [1.165, 1.54) is 11.1 Å². The van der Waals surface area contributed by atoms with Crippen molar-refractivity contribution >= 4 is 22.5 Å². The summed E-state index contributed by atoms with van der Waals surface area (Å²) in [6, 6.07) is 21.0. The fourth-order valence-corrected chi connectivity index (χ4v) is 4.83. The number of imidazole rings is 1. The van der Waals surface area contributed by atoms with Gasteiger partial charge in [0.15, 0.2) is 5.65 Å². The monoisotopic (exact) mass is 425 g/mol. The summed E-state index contributed by atoms with van der Waals surface area (Å²) in [5.41, 5.74) is 6.72. The van der Waals surface area contributed by atoms with Crippen molar-refractivity contribution in [2.24, 2.45) is 0 Å². The molecule has 1 N–H and O–H groups in total. The second-order valence-corrected chi connectivity index (χ2v) is 8.39. The van der Waals surface area contributed by atoms with Gasteiger partial charge in [0.2, 0.25) is 0 Å². The molecule has 4 aromatic rings. The molecule has 5 rings (SSSR count). The molecule has 0 atom stereocenters. The zero-order valence-electron chi connectivity index (χ0n) is 18.3. The van der Waals surface area contributed by atoms with E-state index >= 15 is 0 Å². The Balaban J connectivity index is 1.75. The average molecular weight is 426 g/mol.